The Labute approximate surface area is 178 Å². The van der Waals surface area contributed by atoms with Crippen LogP contribution in [0.15, 0.2) is 60.7 Å². The van der Waals surface area contributed by atoms with Crippen molar-refractivity contribution in [1.29, 1.82) is 0 Å². The highest BCUT2D eigenvalue weighted by Crippen LogP contribution is 2.36. The number of unbranched alkanes of at least 4 members (excludes halogenated alkanes) is 3. The first-order valence-corrected chi connectivity index (χ1v) is 10.4. The topological polar surface area (TPSA) is 52.6 Å². The average Bonchev–Trinajstić information content (AvgIpc) is 3.09. The highest BCUT2D eigenvalue weighted by Gasteiger charge is 2.29. The summed E-state index contributed by atoms with van der Waals surface area (Å²) in [6.45, 7) is 6.38. The molecule has 0 radical (unpaired) electrons. The van der Waals surface area contributed by atoms with Gasteiger partial charge in [0.2, 0.25) is 0 Å². The highest BCUT2D eigenvalue weighted by molar-refractivity contribution is 6.16. The quantitative estimate of drug-likeness (QED) is 0.299. The summed E-state index contributed by atoms with van der Waals surface area (Å²) >= 11 is 0. The smallest absolute Gasteiger partial charge is 0.330 e. The summed E-state index contributed by atoms with van der Waals surface area (Å²) in [5.74, 6) is 0.535. The number of ether oxygens (including phenoxy) is 2. The van der Waals surface area contributed by atoms with E-state index in [1.54, 1.807) is 0 Å². The molecule has 0 spiro atoms. The Kier molecular flexibility index (Phi) is 7.61. The van der Waals surface area contributed by atoms with Crippen LogP contribution in [-0.2, 0) is 16.0 Å². The van der Waals surface area contributed by atoms with Crippen LogP contribution < -0.4 is 4.74 Å². The first-order valence-electron chi connectivity index (χ1n) is 10.4. The molecule has 2 aromatic rings. The standard InChI is InChI=1S/C26H28O4/c1-3-24(27)30-16-10-5-4-9-15-29-23-14-13-19(2)25-22(23)18-21(26(25)28)17-20-11-7-6-8-12-20/h3,6-8,11-14,17H,1,4-5,9-10,15-16,18H2,2H3/b21-17+. The van der Waals surface area contributed by atoms with E-state index in [1.807, 2.05) is 55.5 Å². The zero-order valence-corrected chi connectivity index (χ0v) is 17.5. The predicted octanol–water partition coefficient (Wildman–Crippen LogP) is 5.49. The Balaban J connectivity index is 1.54. The summed E-state index contributed by atoms with van der Waals surface area (Å²) in [6.07, 6.45) is 7.49. The predicted molar refractivity (Wildman–Crippen MR) is 119 cm³/mol. The molecule has 0 aromatic heterocycles. The Hall–Kier alpha value is -3.14. The minimum Gasteiger partial charge on any atom is -0.493 e. The molecule has 0 bridgehead atoms. The lowest BCUT2D eigenvalue weighted by atomic mass is 10.0. The first-order chi connectivity index (χ1) is 14.6. The van der Waals surface area contributed by atoms with E-state index in [-0.39, 0.29) is 11.8 Å². The minimum atomic E-state index is -0.373. The van der Waals surface area contributed by atoms with Crippen LogP contribution in [0.2, 0.25) is 0 Å². The molecule has 4 heteroatoms. The number of fused-ring (bicyclic) bond motifs is 1. The Morgan fingerprint density at radius 2 is 1.77 bits per heavy atom. The first kappa shape index (κ1) is 21.6. The van der Waals surface area contributed by atoms with Gasteiger partial charge in [-0.15, -0.1) is 0 Å². The molecule has 1 aliphatic rings. The normalized spacial score (nSPS) is 13.9. The Morgan fingerprint density at radius 1 is 1.03 bits per heavy atom. The van der Waals surface area contributed by atoms with Gasteiger partial charge in [-0.25, -0.2) is 4.79 Å². The largest absolute Gasteiger partial charge is 0.493 e. The van der Waals surface area contributed by atoms with Gasteiger partial charge in [0.05, 0.1) is 13.2 Å². The lowest BCUT2D eigenvalue weighted by Crippen LogP contribution is -2.03. The van der Waals surface area contributed by atoms with Gasteiger partial charge < -0.3 is 9.47 Å². The van der Waals surface area contributed by atoms with E-state index in [1.165, 1.54) is 6.08 Å². The molecule has 0 saturated carbocycles. The van der Waals surface area contributed by atoms with E-state index in [0.29, 0.717) is 19.6 Å². The van der Waals surface area contributed by atoms with E-state index < -0.39 is 0 Å². The number of ketones is 1. The van der Waals surface area contributed by atoms with Gasteiger partial charge in [0.1, 0.15) is 5.75 Å². The van der Waals surface area contributed by atoms with Gasteiger partial charge in [-0.1, -0.05) is 43.0 Å². The molecule has 0 amide bonds. The molecule has 4 nitrogen and oxygen atoms in total. The van der Waals surface area contributed by atoms with Crippen molar-refractivity contribution in [3.05, 3.63) is 82.9 Å². The molecular weight excluding hydrogens is 376 g/mol. The summed E-state index contributed by atoms with van der Waals surface area (Å²) in [6, 6.07) is 13.9. The summed E-state index contributed by atoms with van der Waals surface area (Å²) in [7, 11) is 0. The van der Waals surface area contributed by atoms with Crippen LogP contribution >= 0.6 is 0 Å². The molecule has 0 N–H and O–H groups in total. The summed E-state index contributed by atoms with van der Waals surface area (Å²) < 4.78 is 11.0. The second-order valence-corrected chi connectivity index (χ2v) is 7.45. The van der Waals surface area contributed by atoms with E-state index in [0.717, 1.165) is 59.3 Å². The van der Waals surface area contributed by atoms with E-state index in [4.69, 9.17) is 9.47 Å². The number of allylic oxidation sites excluding steroid dienone is 1. The van der Waals surface area contributed by atoms with Gasteiger partial charge in [-0.3, -0.25) is 4.79 Å². The zero-order chi connectivity index (χ0) is 21.3. The third kappa shape index (κ3) is 5.47. The minimum absolute atomic E-state index is 0.103. The van der Waals surface area contributed by atoms with E-state index >= 15 is 0 Å². The van der Waals surface area contributed by atoms with Crippen LogP contribution in [0.1, 0.15) is 52.7 Å². The number of hydrogen-bond donors (Lipinski definition) is 0. The molecule has 0 aliphatic heterocycles. The molecule has 0 heterocycles. The molecule has 2 aromatic carbocycles. The molecular formula is C26H28O4. The third-order valence-corrected chi connectivity index (χ3v) is 5.21. The van der Waals surface area contributed by atoms with Gasteiger partial charge in [0.25, 0.3) is 0 Å². The van der Waals surface area contributed by atoms with Gasteiger partial charge in [0.15, 0.2) is 5.78 Å². The van der Waals surface area contributed by atoms with Crippen LogP contribution in [0, 0.1) is 6.92 Å². The van der Waals surface area contributed by atoms with Crippen LogP contribution in [0.5, 0.6) is 5.75 Å². The second kappa shape index (κ2) is 10.6. The summed E-state index contributed by atoms with van der Waals surface area (Å²) in [5.41, 5.74) is 4.63. The fourth-order valence-corrected chi connectivity index (χ4v) is 3.64. The monoisotopic (exact) mass is 404 g/mol. The van der Waals surface area contributed by atoms with Crippen LogP contribution in [0.4, 0.5) is 0 Å². The van der Waals surface area contributed by atoms with Crippen molar-refractivity contribution >= 4 is 17.8 Å². The van der Waals surface area contributed by atoms with Crippen LogP contribution in [-0.4, -0.2) is 25.0 Å². The molecule has 0 unspecified atom stereocenters. The summed E-state index contributed by atoms with van der Waals surface area (Å²) in [5, 5.41) is 0. The molecule has 156 valence electrons. The van der Waals surface area contributed by atoms with E-state index in [9.17, 15) is 9.59 Å². The fourth-order valence-electron chi connectivity index (χ4n) is 3.64. The van der Waals surface area contributed by atoms with Crippen LogP contribution in [0.3, 0.4) is 0 Å². The molecule has 0 atom stereocenters. The molecule has 0 fully saturated rings. The zero-order valence-electron chi connectivity index (χ0n) is 17.5. The van der Waals surface area contributed by atoms with Gasteiger partial charge in [-0.2, -0.15) is 0 Å². The molecule has 30 heavy (non-hydrogen) atoms. The van der Waals surface area contributed by atoms with Crippen molar-refractivity contribution < 1.29 is 19.1 Å². The molecule has 3 rings (SSSR count). The van der Waals surface area contributed by atoms with Crippen molar-refractivity contribution in [2.24, 2.45) is 0 Å². The van der Waals surface area contributed by atoms with Crippen molar-refractivity contribution in [3.8, 4) is 5.75 Å². The number of Topliss-reactive ketones (excluding diaryl/α,β-unsaturated/α-hetero) is 1. The highest BCUT2D eigenvalue weighted by atomic mass is 16.5. The lowest BCUT2D eigenvalue weighted by molar-refractivity contribution is -0.137. The number of carbonyl (C=O) groups excluding carboxylic acids is 2. The average molecular weight is 405 g/mol. The fraction of sp³-hybridized carbons (Fsp3) is 0.308. The van der Waals surface area contributed by atoms with Gasteiger partial charge in [-0.05, 0) is 55.9 Å². The molecule has 0 saturated heterocycles. The number of aryl methyl sites for hydroxylation is 1. The Morgan fingerprint density at radius 3 is 2.50 bits per heavy atom. The van der Waals surface area contributed by atoms with Gasteiger partial charge in [0, 0.05) is 29.2 Å². The van der Waals surface area contributed by atoms with Crippen molar-refractivity contribution in [3.63, 3.8) is 0 Å². The van der Waals surface area contributed by atoms with E-state index in [2.05, 4.69) is 6.58 Å². The van der Waals surface area contributed by atoms with Gasteiger partial charge >= 0.3 is 5.97 Å². The third-order valence-electron chi connectivity index (χ3n) is 5.21. The van der Waals surface area contributed by atoms with Crippen molar-refractivity contribution in [2.75, 3.05) is 13.2 Å². The van der Waals surface area contributed by atoms with Crippen LogP contribution in [0.25, 0.3) is 6.08 Å². The second-order valence-electron chi connectivity index (χ2n) is 7.45. The Bertz CT molecular complexity index is 941. The summed E-state index contributed by atoms with van der Waals surface area (Å²) in [4.78, 5) is 23.9. The van der Waals surface area contributed by atoms with Crippen molar-refractivity contribution in [2.45, 2.75) is 39.0 Å². The number of carbonyl (C=O) groups is 2. The maximum Gasteiger partial charge on any atom is 0.330 e. The molecule has 1 aliphatic carbocycles. The maximum absolute atomic E-state index is 13.0. The number of rotatable bonds is 10. The van der Waals surface area contributed by atoms with Crippen molar-refractivity contribution in [1.82, 2.24) is 0 Å². The lowest BCUT2D eigenvalue weighted by Gasteiger charge is -2.11. The number of esters is 1. The maximum atomic E-state index is 13.0. The number of hydrogen-bond acceptors (Lipinski definition) is 4. The SMILES string of the molecule is C=CC(=O)OCCCCCCOc1ccc(C)c2c1C/C(=C\c1ccccc1)C2=O. The number of benzene rings is 2.